The average Bonchev–Trinajstić information content (AvgIpc) is 2.87. The molecule has 1 N–H and O–H groups in total. The molecular formula is C19H25N3O5. The minimum absolute atomic E-state index is 0.0181. The van der Waals surface area contributed by atoms with Crippen LogP contribution in [0.15, 0.2) is 18.2 Å². The highest BCUT2D eigenvalue weighted by molar-refractivity contribution is 5.96. The molecule has 0 aliphatic carbocycles. The van der Waals surface area contributed by atoms with Crippen molar-refractivity contribution < 1.29 is 23.8 Å². The number of carbonyl (C=O) groups is 2. The monoisotopic (exact) mass is 375 g/mol. The van der Waals surface area contributed by atoms with Gasteiger partial charge in [-0.05, 0) is 26.8 Å². The fourth-order valence-electron chi connectivity index (χ4n) is 2.63. The number of hydrogen-bond acceptors (Lipinski definition) is 6. The molecule has 0 saturated carbocycles. The fraction of sp³-hybridized carbons (Fsp3) is 0.421. The van der Waals surface area contributed by atoms with Crippen molar-refractivity contribution in [3.63, 3.8) is 0 Å². The molecule has 8 nitrogen and oxygen atoms in total. The number of hydrogen-bond donors (Lipinski definition) is 1. The SMILES string of the molecule is COc1ccc(CC(=O)OC(C)C(=O)Nc2c(C)nn(C)c2C)c(OC)c1. The van der Waals surface area contributed by atoms with Gasteiger partial charge in [0.2, 0.25) is 0 Å². The molecular weight excluding hydrogens is 350 g/mol. The van der Waals surface area contributed by atoms with Gasteiger partial charge >= 0.3 is 5.97 Å². The molecule has 0 saturated heterocycles. The van der Waals surface area contributed by atoms with E-state index in [2.05, 4.69) is 10.4 Å². The Balaban J connectivity index is 2.00. The third-order valence-corrected chi connectivity index (χ3v) is 4.26. The van der Waals surface area contributed by atoms with Crippen molar-refractivity contribution in [2.75, 3.05) is 19.5 Å². The predicted molar refractivity (Wildman–Crippen MR) is 100 cm³/mol. The first kappa shape index (κ1) is 20.3. The second kappa shape index (κ2) is 8.57. The number of aromatic nitrogens is 2. The van der Waals surface area contributed by atoms with E-state index in [0.29, 0.717) is 28.4 Å². The molecule has 1 amide bonds. The summed E-state index contributed by atoms with van der Waals surface area (Å²) in [6, 6.07) is 5.15. The van der Waals surface area contributed by atoms with Gasteiger partial charge in [0, 0.05) is 18.7 Å². The number of esters is 1. The maximum atomic E-state index is 12.4. The van der Waals surface area contributed by atoms with Crippen molar-refractivity contribution >= 4 is 17.6 Å². The minimum Gasteiger partial charge on any atom is -0.497 e. The van der Waals surface area contributed by atoms with Gasteiger partial charge in [0.15, 0.2) is 6.10 Å². The van der Waals surface area contributed by atoms with Crippen LogP contribution in [-0.2, 0) is 27.8 Å². The summed E-state index contributed by atoms with van der Waals surface area (Å²) in [4.78, 5) is 24.6. The molecule has 2 aromatic rings. The van der Waals surface area contributed by atoms with E-state index < -0.39 is 18.0 Å². The van der Waals surface area contributed by atoms with E-state index in [1.165, 1.54) is 14.0 Å². The van der Waals surface area contributed by atoms with Crippen molar-refractivity contribution in [1.82, 2.24) is 9.78 Å². The molecule has 2 rings (SSSR count). The van der Waals surface area contributed by atoms with E-state index in [4.69, 9.17) is 14.2 Å². The lowest BCUT2D eigenvalue weighted by atomic mass is 10.1. The number of nitrogens with one attached hydrogen (secondary N) is 1. The zero-order valence-electron chi connectivity index (χ0n) is 16.5. The summed E-state index contributed by atoms with van der Waals surface area (Å²) >= 11 is 0. The van der Waals surface area contributed by atoms with E-state index in [-0.39, 0.29) is 6.42 Å². The smallest absolute Gasteiger partial charge is 0.311 e. The second-order valence-electron chi connectivity index (χ2n) is 6.15. The predicted octanol–water partition coefficient (Wildman–Crippen LogP) is 2.17. The van der Waals surface area contributed by atoms with Gasteiger partial charge in [-0.1, -0.05) is 6.07 Å². The number of benzene rings is 1. The number of rotatable bonds is 7. The summed E-state index contributed by atoms with van der Waals surface area (Å²) < 4.78 is 17.4. The Morgan fingerprint density at radius 2 is 1.93 bits per heavy atom. The highest BCUT2D eigenvalue weighted by Gasteiger charge is 2.21. The van der Waals surface area contributed by atoms with Gasteiger partial charge in [0.05, 0.1) is 37.7 Å². The van der Waals surface area contributed by atoms with Crippen LogP contribution < -0.4 is 14.8 Å². The highest BCUT2D eigenvalue weighted by atomic mass is 16.5. The Labute approximate surface area is 158 Å². The summed E-state index contributed by atoms with van der Waals surface area (Å²) in [5, 5.41) is 7.01. The van der Waals surface area contributed by atoms with Crippen molar-refractivity contribution in [2.24, 2.45) is 7.05 Å². The number of amides is 1. The largest absolute Gasteiger partial charge is 0.497 e. The Kier molecular flexibility index (Phi) is 6.44. The quantitative estimate of drug-likeness (QED) is 0.746. The zero-order valence-corrected chi connectivity index (χ0v) is 16.5. The molecule has 0 fully saturated rings. The van der Waals surface area contributed by atoms with Crippen LogP contribution in [0.1, 0.15) is 23.9 Å². The number of aryl methyl sites for hydroxylation is 2. The Morgan fingerprint density at radius 1 is 1.22 bits per heavy atom. The summed E-state index contributed by atoms with van der Waals surface area (Å²) in [5.74, 6) is 0.203. The summed E-state index contributed by atoms with van der Waals surface area (Å²) in [7, 11) is 4.86. The normalized spacial score (nSPS) is 11.6. The molecule has 0 radical (unpaired) electrons. The molecule has 0 spiro atoms. The van der Waals surface area contributed by atoms with E-state index in [9.17, 15) is 9.59 Å². The van der Waals surface area contributed by atoms with E-state index in [0.717, 1.165) is 5.69 Å². The number of nitrogens with zero attached hydrogens (tertiary/aromatic N) is 2. The summed E-state index contributed by atoms with van der Waals surface area (Å²) in [6.07, 6.45) is -0.962. The minimum atomic E-state index is -0.944. The van der Waals surface area contributed by atoms with E-state index in [1.54, 1.807) is 44.0 Å². The van der Waals surface area contributed by atoms with Crippen LogP contribution in [0, 0.1) is 13.8 Å². The lowest BCUT2D eigenvalue weighted by Crippen LogP contribution is -2.30. The Bertz CT molecular complexity index is 844. The third-order valence-electron chi connectivity index (χ3n) is 4.26. The Hall–Kier alpha value is -3.03. The molecule has 1 unspecified atom stereocenters. The van der Waals surface area contributed by atoms with Crippen LogP contribution in [0.25, 0.3) is 0 Å². The Morgan fingerprint density at radius 3 is 2.48 bits per heavy atom. The molecule has 146 valence electrons. The number of carbonyl (C=O) groups excluding carboxylic acids is 2. The van der Waals surface area contributed by atoms with Crippen molar-refractivity contribution in [2.45, 2.75) is 33.3 Å². The molecule has 1 heterocycles. The van der Waals surface area contributed by atoms with Crippen LogP contribution in [0.2, 0.25) is 0 Å². The molecule has 8 heteroatoms. The van der Waals surface area contributed by atoms with Crippen LogP contribution >= 0.6 is 0 Å². The standard InChI is InChI=1S/C19H25N3O5/c1-11-18(12(2)22(4)21-11)20-19(24)13(3)27-17(23)9-14-7-8-15(25-5)10-16(14)26-6/h7-8,10,13H,9H2,1-6H3,(H,20,24). The lowest BCUT2D eigenvalue weighted by Gasteiger charge is -2.15. The van der Waals surface area contributed by atoms with Gasteiger partial charge in [-0.3, -0.25) is 14.3 Å². The first-order chi connectivity index (χ1) is 12.8. The molecule has 1 aromatic carbocycles. The van der Waals surface area contributed by atoms with Gasteiger partial charge in [0.1, 0.15) is 11.5 Å². The average molecular weight is 375 g/mol. The molecule has 1 atom stereocenters. The molecule has 0 aliphatic rings. The summed E-state index contributed by atoms with van der Waals surface area (Å²) in [5.41, 5.74) is 2.80. The van der Waals surface area contributed by atoms with Gasteiger partial charge in [-0.15, -0.1) is 0 Å². The van der Waals surface area contributed by atoms with Crippen molar-refractivity contribution in [3.8, 4) is 11.5 Å². The van der Waals surface area contributed by atoms with E-state index in [1.807, 2.05) is 6.92 Å². The highest BCUT2D eigenvalue weighted by Crippen LogP contribution is 2.25. The van der Waals surface area contributed by atoms with Crippen LogP contribution in [0.3, 0.4) is 0 Å². The first-order valence-corrected chi connectivity index (χ1v) is 8.48. The second-order valence-corrected chi connectivity index (χ2v) is 6.15. The van der Waals surface area contributed by atoms with Gasteiger partial charge in [-0.2, -0.15) is 5.10 Å². The molecule has 1 aromatic heterocycles. The van der Waals surface area contributed by atoms with E-state index >= 15 is 0 Å². The number of methoxy groups -OCH3 is 2. The van der Waals surface area contributed by atoms with Crippen LogP contribution in [0.5, 0.6) is 11.5 Å². The van der Waals surface area contributed by atoms with Crippen LogP contribution in [-0.4, -0.2) is 42.0 Å². The topological polar surface area (TPSA) is 91.7 Å². The fourth-order valence-corrected chi connectivity index (χ4v) is 2.63. The van der Waals surface area contributed by atoms with Crippen LogP contribution in [0.4, 0.5) is 5.69 Å². The number of anilines is 1. The number of ether oxygens (including phenoxy) is 3. The molecule has 0 bridgehead atoms. The third kappa shape index (κ3) is 4.78. The van der Waals surface area contributed by atoms with Gasteiger partial charge in [0.25, 0.3) is 5.91 Å². The molecule has 0 aliphatic heterocycles. The maximum Gasteiger partial charge on any atom is 0.311 e. The van der Waals surface area contributed by atoms with Gasteiger partial charge in [-0.25, -0.2) is 0 Å². The van der Waals surface area contributed by atoms with Crippen molar-refractivity contribution in [3.05, 3.63) is 35.2 Å². The molecule has 27 heavy (non-hydrogen) atoms. The first-order valence-electron chi connectivity index (χ1n) is 8.48. The van der Waals surface area contributed by atoms with Crippen molar-refractivity contribution in [1.29, 1.82) is 0 Å². The lowest BCUT2D eigenvalue weighted by molar-refractivity contribution is -0.152. The van der Waals surface area contributed by atoms with Gasteiger partial charge < -0.3 is 19.5 Å². The maximum absolute atomic E-state index is 12.4. The summed E-state index contributed by atoms with van der Waals surface area (Å²) in [6.45, 7) is 5.18. The zero-order chi connectivity index (χ0) is 20.1.